The van der Waals surface area contributed by atoms with Crippen LogP contribution < -0.4 is 4.90 Å². The third-order valence-electron chi connectivity index (χ3n) is 3.23. The van der Waals surface area contributed by atoms with Gasteiger partial charge in [-0.25, -0.2) is 9.78 Å². The minimum atomic E-state index is -0.901. The maximum atomic E-state index is 11.2. The molecule has 1 aromatic heterocycles. The molecule has 0 aliphatic carbocycles. The highest BCUT2D eigenvalue weighted by Crippen LogP contribution is 2.35. The molecular weight excluding hydrogens is 318 g/mol. The van der Waals surface area contributed by atoms with Crippen LogP contribution in [0.25, 0.3) is 0 Å². The summed E-state index contributed by atoms with van der Waals surface area (Å²) in [6.45, 7) is 2.19. The Balaban J connectivity index is 2.44. The van der Waals surface area contributed by atoms with Gasteiger partial charge in [0.2, 0.25) is 0 Å². The Morgan fingerprint density at radius 2 is 2.37 bits per heavy atom. The summed E-state index contributed by atoms with van der Waals surface area (Å²) in [5.41, 5.74) is 0.368. The van der Waals surface area contributed by atoms with Gasteiger partial charge in [-0.2, -0.15) is 0 Å². The lowest BCUT2D eigenvalue weighted by Crippen LogP contribution is -2.36. The maximum absolute atomic E-state index is 11.2. The third kappa shape index (κ3) is 2.40. The first kappa shape index (κ1) is 13.7. The predicted octanol–water partition coefficient (Wildman–Crippen LogP) is 2.11. The second-order valence-electron chi connectivity index (χ2n) is 4.35. The van der Waals surface area contributed by atoms with E-state index < -0.39 is 16.9 Å². The molecule has 0 bridgehead atoms. The number of hydrogen-bond donors (Lipinski definition) is 1. The normalized spacial score (nSPS) is 18.6. The van der Waals surface area contributed by atoms with Gasteiger partial charge in [0.25, 0.3) is 5.69 Å². The van der Waals surface area contributed by atoms with Gasteiger partial charge in [0.05, 0.1) is 9.40 Å². The van der Waals surface area contributed by atoms with Gasteiger partial charge in [-0.05, 0) is 35.7 Å². The fourth-order valence-corrected chi connectivity index (χ4v) is 2.75. The average Bonchev–Trinajstić information content (AvgIpc) is 2.81. The number of aromatic nitrogens is 1. The summed E-state index contributed by atoms with van der Waals surface area (Å²) >= 11 is 3.28. The van der Waals surface area contributed by atoms with Crippen molar-refractivity contribution in [3.05, 3.63) is 26.3 Å². The number of hydrogen-bond acceptors (Lipinski definition) is 5. The molecule has 8 heteroatoms. The van der Waals surface area contributed by atoms with E-state index in [-0.39, 0.29) is 5.69 Å². The van der Waals surface area contributed by atoms with Crippen LogP contribution >= 0.6 is 15.9 Å². The molecule has 1 aliphatic heterocycles. The molecule has 1 saturated heterocycles. The van der Waals surface area contributed by atoms with Crippen molar-refractivity contribution >= 4 is 33.4 Å². The van der Waals surface area contributed by atoms with Crippen molar-refractivity contribution in [1.82, 2.24) is 4.98 Å². The van der Waals surface area contributed by atoms with Crippen molar-refractivity contribution in [2.75, 3.05) is 11.4 Å². The van der Waals surface area contributed by atoms with E-state index in [1.54, 1.807) is 11.8 Å². The topological polar surface area (TPSA) is 96.6 Å². The molecule has 1 aromatic rings. The van der Waals surface area contributed by atoms with Crippen molar-refractivity contribution in [2.45, 2.75) is 25.8 Å². The van der Waals surface area contributed by atoms with Crippen LogP contribution in [0.3, 0.4) is 0 Å². The lowest BCUT2D eigenvalue weighted by atomic mass is 10.2. The number of carbonyl (C=O) groups is 1. The molecule has 1 atom stereocenters. The smallest absolute Gasteiger partial charge is 0.326 e. The van der Waals surface area contributed by atoms with E-state index in [2.05, 4.69) is 20.9 Å². The van der Waals surface area contributed by atoms with E-state index in [9.17, 15) is 14.9 Å². The van der Waals surface area contributed by atoms with Gasteiger partial charge in [0.1, 0.15) is 18.1 Å². The number of rotatable bonds is 3. The van der Waals surface area contributed by atoms with E-state index in [4.69, 9.17) is 5.11 Å². The minimum Gasteiger partial charge on any atom is -0.480 e. The van der Waals surface area contributed by atoms with Crippen molar-refractivity contribution in [2.24, 2.45) is 0 Å². The summed E-state index contributed by atoms with van der Waals surface area (Å²) < 4.78 is 0.481. The molecule has 0 radical (unpaired) electrons. The quantitative estimate of drug-likeness (QED) is 0.673. The fraction of sp³-hybridized carbons (Fsp3) is 0.455. The zero-order chi connectivity index (χ0) is 14.2. The molecule has 0 amide bonds. The summed E-state index contributed by atoms with van der Waals surface area (Å²) in [4.78, 5) is 27.2. The Morgan fingerprint density at radius 1 is 1.68 bits per heavy atom. The van der Waals surface area contributed by atoms with Gasteiger partial charge in [-0.15, -0.1) is 0 Å². The number of aliphatic carboxylic acids is 1. The van der Waals surface area contributed by atoms with Crippen LogP contribution in [0, 0.1) is 17.0 Å². The van der Waals surface area contributed by atoms with Crippen LogP contribution in [0.5, 0.6) is 0 Å². The van der Waals surface area contributed by atoms with E-state index in [1.807, 2.05) is 0 Å². The number of nitrogens with zero attached hydrogens (tertiary/aromatic N) is 3. The first-order chi connectivity index (χ1) is 8.93. The molecule has 1 fully saturated rings. The van der Waals surface area contributed by atoms with Crippen molar-refractivity contribution in [1.29, 1.82) is 0 Å². The Labute approximate surface area is 117 Å². The zero-order valence-corrected chi connectivity index (χ0v) is 11.8. The predicted molar refractivity (Wildman–Crippen MR) is 71.3 cm³/mol. The second-order valence-corrected chi connectivity index (χ2v) is 5.15. The van der Waals surface area contributed by atoms with Gasteiger partial charge in [-0.1, -0.05) is 0 Å². The summed E-state index contributed by atoms with van der Waals surface area (Å²) in [5.74, 6) is -0.449. The van der Waals surface area contributed by atoms with Crippen molar-refractivity contribution in [3.8, 4) is 0 Å². The van der Waals surface area contributed by atoms with Crippen LogP contribution in [0.1, 0.15) is 18.4 Å². The second kappa shape index (κ2) is 5.12. The zero-order valence-electron chi connectivity index (χ0n) is 10.2. The Hall–Kier alpha value is -1.70. The van der Waals surface area contributed by atoms with Crippen LogP contribution in [0.2, 0.25) is 0 Å². The lowest BCUT2D eigenvalue weighted by Gasteiger charge is -2.23. The molecule has 19 heavy (non-hydrogen) atoms. The van der Waals surface area contributed by atoms with Gasteiger partial charge in [0, 0.05) is 12.1 Å². The van der Waals surface area contributed by atoms with E-state index in [0.29, 0.717) is 28.8 Å². The SMILES string of the molecule is Cc1c([N+](=O)[O-])cnc(N2CCC[C@H]2C(=O)O)c1Br. The summed E-state index contributed by atoms with van der Waals surface area (Å²) in [6.07, 6.45) is 2.49. The molecule has 0 saturated carbocycles. The van der Waals surface area contributed by atoms with Crippen LogP contribution in [0.15, 0.2) is 10.7 Å². The molecule has 7 nitrogen and oxygen atoms in total. The van der Waals surface area contributed by atoms with Crippen molar-refractivity contribution in [3.63, 3.8) is 0 Å². The standard InChI is InChI=1S/C11H12BrN3O4/c1-6-8(15(18)19)5-13-10(9(6)12)14-4-2-3-7(14)11(16)17/h5,7H,2-4H2,1H3,(H,16,17)/t7-/m0/s1. The Bertz CT molecular complexity index is 549. The third-order valence-corrected chi connectivity index (χ3v) is 4.17. The van der Waals surface area contributed by atoms with Gasteiger partial charge >= 0.3 is 5.97 Å². The highest BCUT2D eigenvalue weighted by Gasteiger charge is 2.33. The Morgan fingerprint density at radius 3 is 2.95 bits per heavy atom. The van der Waals surface area contributed by atoms with E-state index in [1.165, 1.54) is 6.20 Å². The Kier molecular flexibility index (Phi) is 3.70. The molecular formula is C11H12BrN3O4. The fourth-order valence-electron chi connectivity index (χ4n) is 2.22. The van der Waals surface area contributed by atoms with Crippen LogP contribution in [0.4, 0.5) is 11.5 Å². The summed E-state index contributed by atoms with van der Waals surface area (Å²) in [5, 5.41) is 20.0. The molecule has 102 valence electrons. The molecule has 2 rings (SSSR count). The largest absolute Gasteiger partial charge is 0.480 e. The molecule has 1 N–H and O–H groups in total. The number of carboxylic acid groups (broad SMARTS) is 1. The minimum absolute atomic E-state index is 0.0818. The van der Waals surface area contributed by atoms with Gasteiger partial charge in [0.15, 0.2) is 0 Å². The number of nitro groups is 1. The van der Waals surface area contributed by atoms with Crippen molar-refractivity contribution < 1.29 is 14.8 Å². The number of halogens is 1. The molecule has 2 heterocycles. The molecule has 0 spiro atoms. The first-order valence-electron chi connectivity index (χ1n) is 5.72. The monoisotopic (exact) mass is 329 g/mol. The summed E-state index contributed by atoms with van der Waals surface area (Å²) in [7, 11) is 0. The van der Waals surface area contributed by atoms with Gasteiger partial charge in [-0.3, -0.25) is 10.1 Å². The van der Waals surface area contributed by atoms with E-state index in [0.717, 1.165) is 6.42 Å². The highest BCUT2D eigenvalue weighted by molar-refractivity contribution is 9.10. The molecule has 0 unspecified atom stereocenters. The molecule has 0 aromatic carbocycles. The maximum Gasteiger partial charge on any atom is 0.326 e. The van der Waals surface area contributed by atoms with Crippen LogP contribution in [-0.4, -0.2) is 33.6 Å². The highest BCUT2D eigenvalue weighted by atomic mass is 79.9. The first-order valence-corrected chi connectivity index (χ1v) is 6.51. The van der Waals surface area contributed by atoms with Gasteiger partial charge < -0.3 is 10.0 Å². The van der Waals surface area contributed by atoms with E-state index >= 15 is 0 Å². The number of pyridine rings is 1. The molecule has 1 aliphatic rings. The van der Waals surface area contributed by atoms with Crippen LogP contribution in [-0.2, 0) is 4.79 Å². The number of anilines is 1. The number of carboxylic acids is 1. The lowest BCUT2D eigenvalue weighted by molar-refractivity contribution is -0.385. The summed E-state index contributed by atoms with van der Waals surface area (Å²) in [6, 6.07) is -0.621. The average molecular weight is 330 g/mol.